The number of fused-ring (bicyclic) bond motifs is 1. The minimum atomic E-state index is 0.201. The number of rotatable bonds is 3. The lowest BCUT2D eigenvalue weighted by Gasteiger charge is -2.20. The average molecular weight is 328 g/mol. The van der Waals surface area contributed by atoms with Crippen LogP contribution in [0.1, 0.15) is 36.5 Å². The molecule has 0 bridgehead atoms. The van der Waals surface area contributed by atoms with Crippen molar-refractivity contribution in [1.82, 2.24) is 34.8 Å². The number of nitrogens with one attached hydrogen (secondary N) is 1. The van der Waals surface area contributed by atoms with E-state index in [2.05, 4.69) is 30.4 Å². The molecular formula is C16H24N8. The highest BCUT2D eigenvalue weighted by Gasteiger charge is 2.27. The maximum atomic E-state index is 4.67. The van der Waals surface area contributed by atoms with Gasteiger partial charge in [-0.2, -0.15) is 4.52 Å². The summed E-state index contributed by atoms with van der Waals surface area (Å²) in [6.45, 7) is 6.17. The van der Waals surface area contributed by atoms with Crippen LogP contribution in [0, 0.1) is 13.8 Å². The highest BCUT2D eigenvalue weighted by atomic mass is 15.6. The summed E-state index contributed by atoms with van der Waals surface area (Å²) in [5, 5.41) is 14.8. The second kappa shape index (κ2) is 5.92. The molecule has 2 aromatic rings. The summed E-state index contributed by atoms with van der Waals surface area (Å²) >= 11 is 0. The van der Waals surface area contributed by atoms with Crippen molar-refractivity contribution in [2.24, 2.45) is 5.10 Å². The number of aryl methyl sites for hydroxylation is 3. The summed E-state index contributed by atoms with van der Waals surface area (Å²) in [6.07, 6.45) is 6.30. The Morgan fingerprint density at radius 3 is 2.79 bits per heavy atom. The molecule has 0 amide bonds. The lowest BCUT2D eigenvalue weighted by Crippen LogP contribution is -2.42. The van der Waals surface area contributed by atoms with E-state index < -0.39 is 0 Å². The molecule has 1 unspecified atom stereocenters. The lowest BCUT2D eigenvalue weighted by atomic mass is 10.2. The maximum absolute atomic E-state index is 4.67. The molecule has 4 heterocycles. The summed E-state index contributed by atoms with van der Waals surface area (Å²) in [6, 6.07) is 0. The number of hydrogen-bond donors (Lipinski definition) is 1. The van der Waals surface area contributed by atoms with Gasteiger partial charge in [0.15, 0.2) is 11.5 Å². The molecule has 0 aromatic carbocycles. The lowest BCUT2D eigenvalue weighted by molar-refractivity contribution is 0.252. The Hall–Kier alpha value is -2.38. The highest BCUT2D eigenvalue weighted by molar-refractivity contribution is 5.81. The molecule has 0 spiro atoms. The fourth-order valence-electron chi connectivity index (χ4n) is 3.34. The molecule has 8 heteroatoms. The van der Waals surface area contributed by atoms with Gasteiger partial charge in [-0.3, -0.25) is 5.01 Å². The van der Waals surface area contributed by atoms with Crippen molar-refractivity contribution < 1.29 is 0 Å². The summed E-state index contributed by atoms with van der Waals surface area (Å²) in [5.74, 6) is 2.74. The van der Waals surface area contributed by atoms with E-state index in [1.165, 1.54) is 12.8 Å². The van der Waals surface area contributed by atoms with Gasteiger partial charge in [0.05, 0.1) is 0 Å². The van der Waals surface area contributed by atoms with Gasteiger partial charge in [0.25, 0.3) is 0 Å². The Kier molecular flexibility index (Phi) is 3.74. The fraction of sp³-hybridized carbons (Fsp3) is 0.625. The van der Waals surface area contributed by atoms with Crippen LogP contribution in [-0.2, 0) is 6.42 Å². The number of hydrazone groups is 1. The molecule has 1 saturated heterocycles. The Balaban J connectivity index is 1.42. The van der Waals surface area contributed by atoms with Crippen LogP contribution in [0.25, 0.3) is 5.65 Å². The van der Waals surface area contributed by atoms with Crippen molar-refractivity contribution >= 4 is 11.6 Å². The van der Waals surface area contributed by atoms with Crippen LogP contribution in [0.15, 0.2) is 11.3 Å². The van der Waals surface area contributed by atoms with Crippen molar-refractivity contribution in [3.8, 4) is 0 Å². The van der Waals surface area contributed by atoms with Gasteiger partial charge in [0, 0.05) is 38.3 Å². The van der Waals surface area contributed by atoms with Crippen LogP contribution in [0.4, 0.5) is 0 Å². The minimum absolute atomic E-state index is 0.201. The van der Waals surface area contributed by atoms with Crippen LogP contribution >= 0.6 is 0 Å². The summed E-state index contributed by atoms with van der Waals surface area (Å²) in [5.41, 5.74) is 1.95. The Labute approximate surface area is 141 Å². The third-order valence-corrected chi connectivity index (χ3v) is 4.80. The smallest absolute Gasteiger partial charge is 0.218 e. The molecule has 1 N–H and O–H groups in total. The first kappa shape index (κ1) is 15.2. The molecule has 1 atom stereocenters. The van der Waals surface area contributed by atoms with E-state index in [1.807, 2.05) is 36.6 Å². The normalized spacial score (nSPS) is 20.8. The van der Waals surface area contributed by atoms with Crippen molar-refractivity contribution in [2.75, 3.05) is 20.1 Å². The second-order valence-electron chi connectivity index (χ2n) is 6.64. The molecule has 2 aliphatic rings. The van der Waals surface area contributed by atoms with E-state index in [1.54, 1.807) is 0 Å². The number of likely N-dealkylation sites (tertiary alicyclic amines) is 1. The van der Waals surface area contributed by atoms with Crippen LogP contribution in [0.5, 0.6) is 0 Å². The van der Waals surface area contributed by atoms with Crippen LogP contribution < -0.4 is 5.32 Å². The monoisotopic (exact) mass is 328 g/mol. The number of aromatic nitrogens is 4. The topological polar surface area (TPSA) is 74.0 Å². The zero-order valence-corrected chi connectivity index (χ0v) is 14.5. The average Bonchev–Trinajstić information content (AvgIpc) is 3.28. The minimum Gasteiger partial charge on any atom is -0.341 e. The van der Waals surface area contributed by atoms with Gasteiger partial charge in [-0.05, 0) is 33.1 Å². The van der Waals surface area contributed by atoms with Gasteiger partial charge < -0.3 is 10.2 Å². The maximum Gasteiger partial charge on any atom is 0.218 e. The largest absolute Gasteiger partial charge is 0.341 e. The van der Waals surface area contributed by atoms with Gasteiger partial charge in [-0.1, -0.05) is 0 Å². The van der Waals surface area contributed by atoms with E-state index in [4.69, 9.17) is 0 Å². The predicted octanol–water partition coefficient (Wildman–Crippen LogP) is 0.902. The van der Waals surface area contributed by atoms with E-state index in [0.29, 0.717) is 0 Å². The standard InChI is InChI=1S/C16H24N8/c1-11-10-17-12(2)24-15(11)18-13(20-24)6-7-14-19-16(21-22(14)3)23-8-4-5-9-23/h10,14H,4-9H2,1-3H3,(H,19,21). The first-order valence-electron chi connectivity index (χ1n) is 8.62. The van der Waals surface area contributed by atoms with E-state index >= 15 is 0 Å². The second-order valence-corrected chi connectivity index (χ2v) is 6.64. The number of hydrogen-bond acceptors (Lipinski definition) is 7. The molecule has 2 aromatic heterocycles. The first-order valence-corrected chi connectivity index (χ1v) is 8.62. The molecule has 128 valence electrons. The van der Waals surface area contributed by atoms with Crippen LogP contribution in [0.3, 0.4) is 0 Å². The van der Waals surface area contributed by atoms with Gasteiger partial charge in [0.1, 0.15) is 12.0 Å². The van der Waals surface area contributed by atoms with E-state index in [0.717, 1.165) is 54.8 Å². The first-order chi connectivity index (χ1) is 11.6. The van der Waals surface area contributed by atoms with Crippen molar-refractivity contribution in [1.29, 1.82) is 0 Å². The summed E-state index contributed by atoms with van der Waals surface area (Å²) in [4.78, 5) is 11.3. The Bertz CT molecular complexity index is 735. The van der Waals surface area contributed by atoms with Gasteiger partial charge in [-0.15, -0.1) is 10.2 Å². The van der Waals surface area contributed by atoms with Gasteiger partial charge in [0.2, 0.25) is 5.96 Å². The zero-order chi connectivity index (χ0) is 16.7. The molecule has 1 fully saturated rings. The van der Waals surface area contributed by atoms with Crippen LogP contribution in [0.2, 0.25) is 0 Å². The predicted molar refractivity (Wildman–Crippen MR) is 91.5 cm³/mol. The molecule has 0 radical (unpaired) electrons. The Morgan fingerprint density at radius 2 is 2.04 bits per heavy atom. The summed E-state index contributed by atoms with van der Waals surface area (Å²) < 4.78 is 1.84. The molecule has 4 rings (SSSR count). The van der Waals surface area contributed by atoms with Gasteiger partial charge >= 0.3 is 0 Å². The third-order valence-electron chi connectivity index (χ3n) is 4.80. The highest BCUT2D eigenvalue weighted by Crippen LogP contribution is 2.16. The molecule has 24 heavy (non-hydrogen) atoms. The third kappa shape index (κ3) is 2.65. The molecule has 8 nitrogen and oxygen atoms in total. The molecular weight excluding hydrogens is 304 g/mol. The van der Waals surface area contributed by atoms with Crippen molar-refractivity contribution in [2.45, 2.75) is 45.7 Å². The number of nitrogens with zero attached hydrogens (tertiary/aromatic N) is 7. The quantitative estimate of drug-likeness (QED) is 0.902. The molecule has 0 aliphatic carbocycles. The molecule has 0 saturated carbocycles. The Morgan fingerprint density at radius 1 is 1.25 bits per heavy atom. The van der Waals surface area contributed by atoms with E-state index in [9.17, 15) is 0 Å². The summed E-state index contributed by atoms with van der Waals surface area (Å²) in [7, 11) is 2.02. The number of guanidine groups is 1. The molecule has 2 aliphatic heterocycles. The van der Waals surface area contributed by atoms with Crippen molar-refractivity contribution in [3.05, 3.63) is 23.4 Å². The SMILES string of the molecule is Cc1cnc(C)n2nc(CCC3NC(N4CCCC4)=NN3C)nc12. The fourth-order valence-corrected chi connectivity index (χ4v) is 3.34. The van der Waals surface area contributed by atoms with E-state index in [-0.39, 0.29) is 6.17 Å². The zero-order valence-electron chi connectivity index (χ0n) is 14.5. The van der Waals surface area contributed by atoms with Gasteiger partial charge in [-0.25, -0.2) is 9.97 Å². The van der Waals surface area contributed by atoms with Crippen molar-refractivity contribution in [3.63, 3.8) is 0 Å². The van der Waals surface area contributed by atoms with Crippen LogP contribution in [-0.4, -0.2) is 61.8 Å².